The standard InChI is InChI=1S/C24H29ClN4O4/c1-14-4-5-20(19(25)8-14)28-21-15(2)22(27-13-26-21)32-18-9-16-11-31-12-17(10-18)29(16)23(30)33-24(3)6-7-24/h4-5,8,13,16-18H,6-7,9-12H2,1-3H3,(H,26,27,28). The summed E-state index contributed by atoms with van der Waals surface area (Å²) in [4.78, 5) is 23.4. The lowest BCUT2D eigenvalue weighted by Gasteiger charge is -2.47. The Balaban J connectivity index is 1.28. The number of rotatable bonds is 5. The smallest absolute Gasteiger partial charge is 0.410 e. The van der Waals surface area contributed by atoms with E-state index in [0.717, 1.165) is 29.7 Å². The molecule has 1 saturated carbocycles. The molecule has 1 aliphatic carbocycles. The molecule has 3 fully saturated rings. The number of piperidine rings is 1. The molecule has 9 heteroatoms. The minimum Gasteiger partial charge on any atom is -0.474 e. The maximum absolute atomic E-state index is 12.8. The zero-order valence-electron chi connectivity index (χ0n) is 19.1. The third-order valence-electron chi connectivity index (χ3n) is 6.67. The molecule has 1 N–H and O–H groups in total. The van der Waals surface area contributed by atoms with E-state index in [1.165, 1.54) is 6.33 Å². The van der Waals surface area contributed by atoms with Crippen molar-refractivity contribution in [3.8, 4) is 5.88 Å². The zero-order valence-corrected chi connectivity index (χ0v) is 19.9. The molecule has 8 nitrogen and oxygen atoms in total. The third-order valence-corrected chi connectivity index (χ3v) is 6.98. The van der Waals surface area contributed by atoms with Crippen molar-refractivity contribution in [1.82, 2.24) is 14.9 Å². The topological polar surface area (TPSA) is 85.8 Å². The minimum atomic E-state index is -0.290. The third kappa shape index (κ3) is 4.73. The summed E-state index contributed by atoms with van der Waals surface area (Å²) in [5.41, 5.74) is 2.38. The number of anilines is 2. The van der Waals surface area contributed by atoms with Crippen LogP contribution in [0.4, 0.5) is 16.3 Å². The summed E-state index contributed by atoms with van der Waals surface area (Å²) >= 11 is 6.37. The molecule has 1 aromatic carbocycles. The van der Waals surface area contributed by atoms with Crippen molar-refractivity contribution < 1.29 is 19.0 Å². The average Bonchev–Trinajstić information content (AvgIpc) is 3.48. The summed E-state index contributed by atoms with van der Waals surface area (Å²) in [6.07, 6.45) is 4.37. The fourth-order valence-corrected chi connectivity index (χ4v) is 4.77. The molecule has 0 radical (unpaired) electrons. The van der Waals surface area contributed by atoms with E-state index >= 15 is 0 Å². The predicted octanol–water partition coefficient (Wildman–Crippen LogP) is 4.79. The summed E-state index contributed by atoms with van der Waals surface area (Å²) in [6, 6.07) is 5.69. The highest BCUT2D eigenvalue weighted by Crippen LogP contribution is 2.41. The van der Waals surface area contributed by atoms with E-state index in [1.807, 2.05) is 43.9 Å². The minimum absolute atomic E-state index is 0.0662. The van der Waals surface area contributed by atoms with E-state index in [2.05, 4.69) is 15.3 Å². The lowest BCUT2D eigenvalue weighted by molar-refractivity contribution is -0.0956. The number of benzene rings is 1. The molecule has 2 saturated heterocycles. The number of amides is 1. The number of hydrogen-bond donors (Lipinski definition) is 1. The first kappa shape index (κ1) is 22.2. The predicted molar refractivity (Wildman–Crippen MR) is 124 cm³/mol. The number of carbonyl (C=O) groups excluding carboxylic acids is 1. The second-order valence-corrected chi connectivity index (χ2v) is 9.95. The Bertz CT molecular complexity index is 1050. The molecule has 3 heterocycles. The van der Waals surface area contributed by atoms with Crippen LogP contribution in [0, 0.1) is 13.8 Å². The molecule has 1 amide bonds. The largest absolute Gasteiger partial charge is 0.474 e. The highest BCUT2D eigenvalue weighted by atomic mass is 35.5. The molecule has 3 aliphatic rings. The first-order valence-electron chi connectivity index (χ1n) is 11.4. The zero-order chi connectivity index (χ0) is 23.2. The van der Waals surface area contributed by atoms with Crippen LogP contribution in [0.2, 0.25) is 5.02 Å². The highest BCUT2D eigenvalue weighted by molar-refractivity contribution is 6.33. The van der Waals surface area contributed by atoms with Crippen LogP contribution in [0.25, 0.3) is 0 Å². The number of nitrogens with zero attached hydrogens (tertiary/aromatic N) is 3. The number of ether oxygens (including phenoxy) is 3. The summed E-state index contributed by atoms with van der Waals surface area (Å²) in [5, 5.41) is 3.91. The molecule has 1 aromatic heterocycles. The molecular formula is C24H29ClN4O4. The molecule has 2 bridgehead atoms. The Morgan fingerprint density at radius 1 is 1.21 bits per heavy atom. The summed E-state index contributed by atoms with van der Waals surface area (Å²) < 4.78 is 17.8. The Hall–Kier alpha value is -2.58. The van der Waals surface area contributed by atoms with Gasteiger partial charge in [0.25, 0.3) is 0 Å². The lowest BCUT2D eigenvalue weighted by Crippen LogP contribution is -2.61. The van der Waals surface area contributed by atoms with Crippen LogP contribution in [0.15, 0.2) is 24.5 Å². The van der Waals surface area contributed by atoms with Gasteiger partial charge in [-0.1, -0.05) is 17.7 Å². The average molecular weight is 473 g/mol. The van der Waals surface area contributed by atoms with Gasteiger partial charge in [-0.2, -0.15) is 0 Å². The van der Waals surface area contributed by atoms with Crippen molar-refractivity contribution in [2.75, 3.05) is 18.5 Å². The van der Waals surface area contributed by atoms with Gasteiger partial charge >= 0.3 is 6.09 Å². The molecule has 2 unspecified atom stereocenters. The Morgan fingerprint density at radius 2 is 1.94 bits per heavy atom. The van der Waals surface area contributed by atoms with Gasteiger partial charge in [0.2, 0.25) is 5.88 Å². The van der Waals surface area contributed by atoms with Crippen LogP contribution in [0.3, 0.4) is 0 Å². The number of aromatic nitrogens is 2. The van der Waals surface area contributed by atoms with Gasteiger partial charge in [-0.3, -0.25) is 4.90 Å². The Kier molecular flexibility index (Phi) is 5.82. The molecular weight excluding hydrogens is 444 g/mol. The molecule has 2 aromatic rings. The summed E-state index contributed by atoms with van der Waals surface area (Å²) in [7, 11) is 0. The van der Waals surface area contributed by atoms with Gasteiger partial charge < -0.3 is 19.5 Å². The van der Waals surface area contributed by atoms with E-state index in [9.17, 15) is 4.79 Å². The molecule has 0 spiro atoms. The first-order valence-corrected chi connectivity index (χ1v) is 11.8. The van der Waals surface area contributed by atoms with Crippen molar-refractivity contribution in [3.05, 3.63) is 40.7 Å². The molecule has 176 valence electrons. The van der Waals surface area contributed by atoms with Crippen LogP contribution in [0.1, 0.15) is 43.7 Å². The van der Waals surface area contributed by atoms with Crippen molar-refractivity contribution >= 4 is 29.2 Å². The van der Waals surface area contributed by atoms with Gasteiger partial charge in [-0.05, 0) is 51.3 Å². The quantitative estimate of drug-likeness (QED) is 0.669. The van der Waals surface area contributed by atoms with Gasteiger partial charge in [0, 0.05) is 12.8 Å². The number of fused-ring (bicyclic) bond motifs is 2. The first-order chi connectivity index (χ1) is 15.8. The maximum Gasteiger partial charge on any atom is 0.410 e. The number of hydrogen-bond acceptors (Lipinski definition) is 7. The van der Waals surface area contributed by atoms with Crippen LogP contribution in [-0.2, 0) is 9.47 Å². The van der Waals surface area contributed by atoms with Crippen molar-refractivity contribution in [2.24, 2.45) is 0 Å². The maximum atomic E-state index is 12.8. The van der Waals surface area contributed by atoms with Gasteiger partial charge in [-0.15, -0.1) is 0 Å². The number of halogens is 1. The van der Waals surface area contributed by atoms with E-state index in [-0.39, 0.29) is 29.9 Å². The lowest BCUT2D eigenvalue weighted by atomic mass is 9.92. The number of carbonyl (C=O) groups is 1. The van der Waals surface area contributed by atoms with Crippen LogP contribution >= 0.6 is 11.6 Å². The number of nitrogens with one attached hydrogen (secondary N) is 1. The van der Waals surface area contributed by atoms with Crippen molar-refractivity contribution in [2.45, 2.75) is 70.2 Å². The van der Waals surface area contributed by atoms with E-state index in [0.29, 0.717) is 42.8 Å². The fraction of sp³-hybridized carbons (Fsp3) is 0.542. The normalized spacial score (nSPS) is 25.3. The van der Waals surface area contributed by atoms with E-state index in [4.69, 9.17) is 25.8 Å². The van der Waals surface area contributed by atoms with Gasteiger partial charge in [0.15, 0.2) is 0 Å². The Labute approximate surface area is 198 Å². The molecule has 2 atom stereocenters. The van der Waals surface area contributed by atoms with Crippen molar-refractivity contribution in [1.29, 1.82) is 0 Å². The highest BCUT2D eigenvalue weighted by Gasteiger charge is 2.48. The Morgan fingerprint density at radius 3 is 2.61 bits per heavy atom. The van der Waals surface area contributed by atoms with E-state index < -0.39 is 0 Å². The molecule has 2 aliphatic heterocycles. The monoisotopic (exact) mass is 472 g/mol. The van der Waals surface area contributed by atoms with Crippen LogP contribution in [0.5, 0.6) is 5.88 Å². The second-order valence-electron chi connectivity index (χ2n) is 9.54. The van der Waals surface area contributed by atoms with Gasteiger partial charge in [0.05, 0.1) is 41.6 Å². The second kappa shape index (κ2) is 8.65. The number of aryl methyl sites for hydroxylation is 1. The molecule has 5 rings (SSSR count). The van der Waals surface area contributed by atoms with E-state index in [1.54, 1.807) is 0 Å². The van der Waals surface area contributed by atoms with Gasteiger partial charge in [-0.25, -0.2) is 14.8 Å². The van der Waals surface area contributed by atoms with Crippen LogP contribution < -0.4 is 10.1 Å². The fourth-order valence-electron chi connectivity index (χ4n) is 4.49. The van der Waals surface area contributed by atoms with Crippen molar-refractivity contribution in [3.63, 3.8) is 0 Å². The van der Waals surface area contributed by atoms with Crippen LogP contribution in [-0.4, -0.2) is 58.0 Å². The summed E-state index contributed by atoms with van der Waals surface area (Å²) in [5.74, 6) is 1.18. The molecule has 33 heavy (non-hydrogen) atoms. The van der Waals surface area contributed by atoms with Gasteiger partial charge in [0.1, 0.15) is 23.9 Å². The number of morpholine rings is 1. The summed E-state index contributed by atoms with van der Waals surface area (Å²) in [6.45, 7) is 6.88. The SMILES string of the molecule is Cc1ccc(Nc2ncnc(OC3CC4COCC(C3)N4C(=O)OC3(C)CC3)c2C)c(Cl)c1.